The molecule has 0 amide bonds. The summed E-state index contributed by atoms with van der Waals surface area (Å²) in [5, 5.41) is 9.75. The minimum absolute atomic E-state index is 0.227. The molecule has 0 aromatic heterocycles. The first-order chi connectivity index (χ1) is 10.1. The Labute approximate surface area is 128 Å². The van der Waals surface area contributed by atoms with Crippen LogP contribution in [0.15, 0.2) is 18.2 Å². The van der Waals surface area contributed by atoms with Crippen molar-refractivity contribution in [1.82, 2.24) is 9.80 Å². The summed E-state index contributed by atoms with van der Waals surface area (Å²) in [6, 6.07) is 5.69. The monoisotopic (exact) mass is 292 g/mol. The fourth-order valence-electron chi connectivity index (χ4n) is 3.03. The molecule has 1 fully saturated rings. The van der Waals surface area contributed by atoms with Crippen molar-refractivity contribution in [3.63, 3.8) is 0 Å². The molecule has 21 heavy (non-hydrogen) atoms. The molecule has 1 aliphatic rings. The van der Waals surface area contributed by atoms with Gasteiger partial charge in [-0.15, -0.1) is 0 Å². The van der Waals surface area contributed by atoms with Crippen LogP contribution in [0.2, 0.25) is 0 Å². The van der Waals surface area contributed by atoms with Gasteiger partial charge < -0.3 is 14.7 Å². The molecule has 0 saturated carbocycles. The SMILES string of the molecule is CCOc1cc(CN2CCC(CN(C)C)CC2)ccc1O. The molecule has 0 radical (unpaired) electrons. The summed E-state index contributed by atoms with van der Waals surface area (Å²) in [4.78, 5) is 4.78. The lowest BCUT2D eigenvalue weighted by molar-refractivity contribution is 0.156. The largest absolute Gasteiger partial charge is 0.504 e. The molecule has 1 aromatic carbocycles. The number of phenols is 1. The van der Waals surface area contributed by atoms with Crippen molar-refractivity contribution in [2.45, 2.75) is 26.3 Å². The van der Waals surface area contributed by atoms with E-state index in [0.29, 0.717) is 12.4 Å². The molecule has 2 rings (SSSR count). The first-order valence-corrected chi connectivity index (χ1v) is 7.90. The number of hydrogen-bond acceptors (Lipinski definition) is 4. The smallest absolute Gasteiger partial charge is 0.161 e. The van der Waals surface area contributed by atoms with Gasteiger partial charge in [-0.2, -0.15) is 0 Å². The van der Waals surface area contributed by atoms with Crippen LogP contribution in [0.5, 0.6) is 11.5 Å². The molecule has 4 nitrogen and oxygen atoms in total. The molecule has 1 saturated heterocycles. The number of nitrogens with zero attached hydrogens (tertiary/aromatic N) is 2. The lowest BCUT2D eigenvalue weighted by Gasteiger charge is -2.33. The second kappa shape index (κ2) is 7.66. The number of hydrogen-bond donors (Lipinski definition) is 1. The maximum atomic E-state index is 9.75. The van der Waals surface area contributed by atoms with Gasteiger partial charge in [0, 0.05) is 13.1 Å². The van der Waals surface area contributed by atoms with E-state index in [1.165, 1.54) is 24.9 Å². The summed E-state index contributed by atoms with van der Waals surface area (Å²) in [6.07, 6.45) is 2.54. The van der Waals surface area contributed by atoms with Crippen molar-refractivity contribution in [2.24, 2.45) is 5.92 Å². The third-order valence-corrected chi connectivity index (χ3v) is 4.06. The number of benzene rings is 1. The summed E-state index contributed by atoms with van der Waals surface area (Å²) >= 11 is 0. The van der Waals surface area contributed by atoms with E-state index in [9.17, 15) is 5.11 Å². The van der Waals surface area contributed by atoms with Gasteiger partial charge in [0.25, 0.3) is 0 Å². The molecule has 0 bridgehead atoms. The fourth-order valence-corrected chi connectivity index (χ4v) is 3.03. The number of piperidine rings is 1. The van der Waals surface area contributed by atoms with Crippen molar-refractivity contribution >= 4 is 0 Å². The topological polar surface area (TPSA) is 35.9 Å². The Kier molecular flexibility index (Phi) is 5.88. The van der Waals surface area contributed by atoms with Gasteiger partial charge in [-0.3, -0.25) is 4.90 Å². The standard InChI is InChI=1S/C17H28N2O2/c1-4-21-17-11-15(5-6-16(17)20)13-19-9-7-14(8-10-19)12-18(2)3/h5-6,11,14,20H,4,7-10,12-13H2,1-3H3. The van der Waals surface area contributed by atoms with Gasteiger partial charge in [0.05, 0.1) is 6.61 Å². The van der Waals surface area contributed by atoms with E-state index in [0.717, 1.165) is 25.6 Å². The highest BCUT2D eigenvalue weighted by Gasteiger charge is 2.19. The number of aromatic hydroxyl groups is 1. The average Bonchev–Trinajstić information content (AvgIpc) is 2.44. The van der Waals surface area contributed by atoms with E-state index >= 15 is 0 Å². The van der Waals surface area contributed by atoms with Crippen LogP contribution in [0.1, 0.15) is 25.3 Å². The van der Waals surface area contributed by atoms with Gasteiger partial charge in [0.2, 0.25) is 0 Å². The van der Waals surface area contributed by atoms with E-state index in [4.69, 9.17) is 4.74 Å². The number of ether oxygens (including phenoxy) is 1. The second-order valence-corrected chi connectivity index (χ2v) is 6.22. The first kappa shape index (κ1) is 16.1. The highest BCUT2D eigenvalue weighted by molar-refractivity contribution is 5.41. The maximum Gasteiger partial charge on any atom is 0.161 e. The zero-order valence-corrected chi connectivity index (χ0v) is 13.5. The lowest BCUT2D eigenvalue weighted by Crippen LogP contribution is -2.36. The summed E-state index contributed by atoms with van der Waals surface area (Å²) in [5.41, 5.74) is 1.21. The molecule has 0 unspecified atom stereocenters. The molecule has 1 N–H and O–H groups in total. The molecule has 0 aliphatic carbocycles. The summed E-state index contributed by atoms with van der Waals surface area (Å²) in [5.74, 6) is 1.65. The molecule has 1 heterocycles. The van der Waals surface area contributed by atoms with E-state index in [1.54, 1.807) is 6.07 Å². The molecule has 118 valence electrons. The van der Waals surface area contributed by atoms with Crippen LogP contribution in [0.3, 0.4) is 0 Å². The molecular weight excluding hydrogens is 264 g/mol. The van der Waals surface area contributed by atoms with Crippen LogP contribution in [0.25, 0.3) is 0 Å². The van der Waals surface area contributed by atoms with Crippen LogP contribution < -0.4 is 4.74 Å². The van der Waals surface area contributed by atoms with E-state index in [1.807, 2.05) is 19.1 Å². The van der Waals surface area contributed by atoms with Gasteiger partial charge in [0.1, 0.15) is 0 Å². The molecule has 1 aliphatic heterocycles. The molecule has 4 heteroatoms. The average molecular weight is 292 g/mol. The number of likely N-dealkylation sites (tertiary alicyclic amines) is 1. The van der Waals surface area contributed by atoms with Gasteiger partial charge in [0.15, 0.2) is 11.5 Å². The number of phenolic OH excluding ortho intramolecular Hbond substituents is 1. The van der Waals surface area contributed by atoms with Crippen LogP contribution >= 0.6 is 0 Å². The van der Waals surface area contributed by atoms with Crippen LogP contribution in [-0.2, 0) is 6.54 Å². The Hall–Kier alpha value is -1.26. The Bertz CT molecular complexity index is 440. The summed E-state index contributed by atoms with van der Waals surface area (Å²) in [6.45, 7) is 6.96. The van der Waals surface area contributed by atoms with Crippen LogP contribution in [0.4, 0.5) is 0 Å². The van der Waals surface area contributed by atoms with E-state index in [2.05, 4.69) is 23.9 Å². The van der Waals surface area contributed by atoms with Crippen molar-refractivity contribution in [3.05, 3.63) is 23.8 Å². The third kappa shape index (κ3) is 4.90. The van der Waals surface area contributed by atoms with Gasteiger partial charge in [-0.25, -0.2) is 0 Å². The predicted octanol–water partition coefficient (Wildman–Crippen LogP) is 2.56. The van der Waals surface area contributed by atoms with Crippen molar-refractivity contribution in [1.29, 1.82) is 0 Å². The predicted molar refractivity (Wildman–Crippen MR) is 85.8 cm³/mol. The quantitative estimate of drug-likeness (QED) is 0.874. The fraction of sp³-hybridized carbons (Fsp3) is 0.647. The summed E-state index contributed by atoms with van der Waals surface area (Å²) in [7, 11) is 4.30. The van der Waals surface area contributed by atoms with E-state index < -0.39 is 0 Å². The zero-order valence-electron chi connectivity index (χ0n) is 13.5. The van der Waals surface area contributed by atoms with Gasteiger partial charge in [-0.05, 0) is 70.6 Å². The maximum absolute atomic E-state index is 9.75. The molecule has 0 spiro atoms. The summed E-state index contributed by atoms with van der Waals surface area (Å²) < 4.78 is 5.45. The highest BCUT2D eigenvalue weighted by atomic mass is 16.5. The third-order valence-electron chi connectivity index (χ3n) is 4.06. The minimum Gasteiger partial charge on any atom is -0.504 e. The van der Waals surface area contributed by atoms with Crippen LogP contribution in [-0.4, -0.2) is 55.2 Å². The normalized spacial score (nSPS) is 17.3. The Morgan fingerprint density at radius 3 is 2.62 bits per heavy atom. The van der Waals surface area contributed by atoms with Crippen molar-refractivity contribution in [3.8, 4) is 11.5 Å². The first-order valence-electron chi connectivity index (χ1n) is 7.90. The second-order valence-electron chi connectivity index (χ2n) is 6.22. The van der Waals surface area contributed by atoms with Gasteiger partial charge >= 0.3 is 0 Å². The van der Waals surface area contributed by atoms with Crippen molar-refractivity contribution in [2.75, 3.05) is 40.3 Å². The van der Waals surface area contributed by atoms with Crippen molar-refractivity contribution < 1.29 is 9.84 Å². The number of rotatable bonds is 6. The van der Waals surface area contributed by atoms with Gasteiger partial charge in [-0.1, -0.05) is 6.07 Å². The minimum atomic E-state index is 0.227. The molecular formula is C17H28N2O2. The highest BCUT2D eigenvalue weighted by Crippen LogP contribution is 2.28. The lowest BCUT2D eigenvalue weighted by atomic mass is 9.96. The van der Waals surface area contributed by atoms with Crippen LogP contribution in [0, 0.1) is 5.92 Å². The zero-order chi connectivity index (χ0) is 15.2. The Balaban J connectivity index is 1.87. The Morgan fingerprint density at radius 1 is 1.29 bits per heavy atom. The Morgan fingerprint density at radius 2 is 2.00 bits per heavy atom. The van der Waals surface area contributed by atoms with E-state index in [-0.39, 0.29) is 5.75 Å². The molecule has 0 atom stereocenters. The molecule has 1 aromatic rings.